The van der Waals surface area contributed by atoms with Crippen LogP contribution >= 0.6 is 0 Å². The predicted molar refractivity (Wildman–Crippen MR) is 98.0 cm³/mol. The van der Waals surface area contributed by atoms with Crippen LogP contribution in [0.5, 0.6) is 5.75 Å². The minimum Gasteiger partial charge on any atom is -0.492 e. The van der Waals surface area contributed by atoms with E-state index in [4.69, 9.17) is 10.5 Å². The molecule has 0 atom stereocenters. The molecule has 0 saturated carbocycles. The first-order valence-electron chi connectivity index (χ1n) is 8.10. The molecular formula is C19H22N4O. The van der Waals surface area contributed by atoms with E-state index < -0.39 is 0 Å². The predicted octanol–water partition coefficient (Wildman–Crippen LogP) is 3.26. The Kier molecular flexibility index (Phi) is 4.91. The van der Waals surface area contributed by atoms with Crippen LogP contribution in [0.15, 0.2) is 48.8 Å². The van der Waals surface area contributed by atoms with Gasteiger partial charge in [-0.15, -0.1) is 0 Å². The molecule has 0 aliphatic rings. The first-order chi connectivity index (χ1) is 11.6. The molecule has 0 aliphatic carbocycles. The normalized spacial score (nSPS) is 11.1. The Balaban J connectivity index is 1.74. The van der Waals surface area contributed by atoms with Gasteiger partial charge in [-0.1, -0.05) is 32.0 Å². The van der Waals surface area contributed by atoms with Gasteiger partial charge in [0.15, 0.2) is 0 Å². The maximum absolute atomic E-state index is 5.80. The smallest absolute Gasteiger partial charge is 0.219 e. The standard InChI is InChI=1S/C19H22N4O/c1-13(2)21-7-8-24-18-6-5-14-9-15(3-4-16(14)10-18)17-11-22-19(20)23-12-17/h3-6,9-13,21H,7-8H2,1-2H3,(H2,20,22,23). The van der Waals surface area contributed by atoms with E-state index in [0.29, 0.717) is 12.6 Å². The molecule has 0 bridgehead atoms. The summed E-state index contributed by atoms with van der Waals surface area (Å²) in [6, 6.07) is 12.9. The van der Waals surface area contributed by atoms with Gasteiger partial charge in [-0.3, -0.25) is 0 Å². The number of benzene rings is 2. The molecule has 0 aliphatic heterocycles. The molecule has 24 heavy (non-hydrogen) atoms. The van der Waals surface area contributed by atoms with E-state index >= 15 is 0 Å². The summed E-state index contributed by atoms with van der Waals surface area (Å²) in [7, 11) is 0. The minimum atomic E-state index is 0.285. The highest BCUT2D eigenvalue weighted by Crippen LogP contribution is 2.26. The third-order valence-electron chi connectivity index (χ3n) is 3.74. The van der Waals surface area contributed by atoms with Crippen LogP contribution in [0.1, 0.15) is 13.8 Å². The van der Waals surface area contributed by atoms with Crippen molar-refractivity contribution < 1.29 is 4.74 Å². The van der Waals surface area contributed by atoms with Crippen LogP contribution in [0, 0.1) is 0 Å². The van der Waals surface area contributed by atoms with Crippen molar-refractivity contribution in [3.63, 3.8) is 0 Å². The maximum Gasteiger partial charge on any atom is 0.219 e. The number of nitrogens with two attached hydrogens (primary N) is 1. The summed E-state index contributed by atoms with van der Waals surface area (Å²) in [6.45, 7) is 5.75. The molecule has 3 rings (SSSR count). The van der Waals surface area contributed by atoms with Crippen LogP contribution in [-0.4, -0.2) is 29.2 Å². The van der Waals surface area contributed by atoms with Crippen LogP contribution in [0.3, 0.4) is 0 Å². The summed E-state index contributed by atoms with van der Waals surface area (Å²) in [5, 5.41) is 5.63. The van der Waals surface area contributed by atoms with Gasteiger partial charge in [0, 0.05) is 30.5 Å². The summed E-state index contributed by atoms with van der Waals surface area (Å²) in [5.41, 5.74) is 7.55. The second-order valence-electron chi connectivity index (χ2n) is 6.01. The van der Waals surface area contributed by atoms with Crippen molar-refractivity contribution >= 4 is 16.7 Å². The monoisotopic (exact) mass is 322 g/mol. The molecule has 3 aromatic rings. The molecule has 124 valence electrons. The highest BCUT2D eigenvalue weighted by molar-refractivity contribution is 5.88. The summed E-state index contributed by atoms with van der Waals surface area (Å²) < 4.78 is 5.80. The van der Waals surface area contributed by atoms with Crippen molar-refractivity contribution in [2.45, 2.75) is 19.9 Å². The zero-order valence-corrected chi connectivity index (χ0v) is 14.0. The van der Waals surface area contributed by atoms with Crippen molar-refractivity contribution in [2.75, 3.05) is 18.9 Å². The molecule has 5 heteroatoms. The summed E-state index contributed by atoms with van der Waals surface area (Å²) in [5.74, 6) is 1.17. The molecule has 0 amide bonds. The molecule has 0 saturated heterocycles. The van der Waals surface area contributed by atoms with E-state index in [-0.39, 0.29) is 5.95 Å². The zero-order valence-electron chi connectivity index (χ0n) is 14.0. The van der Waals surface area contributed by atoms with Gasteiger partial charge in [-0.2, -0.15) is 0 Å². The Morgan fingerprint density at radius 1 is 1.00 bits per heavy atom. The Morgan fingerprint density at radius 3 is 2.46 bits per heavy atom. The lowest BCUT2D eigenvalue weighted by Crippen LogP contribution is -2.27. The molecule has 3 N–H and O–H groups in total. The van der Waals surface area contributed by atoms with E-state index in [2.05, 4.69) is 59.5 Å². The number of nitrogen functional groups attached to an aromatic ring is 1. The lowest BCUT2D eigenvalue weighted by Gasteiger charge is -2.10. The zero-order chi connectivity index (χ0) is 16.9. The van der Waals surface area contributed by atoms with Crippen molar-refractivity contribution in [1.29, 1.82) is 0 Å². The van der Waals surface area contributed by atoms with Crippen molar-refractivity contribution in [3.05, 3.63) is 48.8 Å². The summed E-state index contributed by atoms with van der Waals surface area (Å²) in [6.07, 6.45) is 3.48. The third-order valence-corrected chi connectivity index (χ3v) is 3.74. The lowest BCUT2D eigenvalue weighted by molar-refractivity contribution is 0.309. The van der Waals surface area contributed by atoms with Crippen LogP contribution in [0.25, 0.3) is 21.9 Å². The number of aromatic nitrogens is 2. The maximum atomic E-state index is 5.80. The number of hydrogen-bond donors (Lipinski definition) is 2. The van der Waals surface area contributed by atoms with Gasteiger partial charge >= 0.3 is 0 Å². The minimum absolute atomic E-state index is 0.285. The van der Waals surface area contributed by atoms with Crippen LogP contribution in [-0.2, 0) is 0 Å². The molecule has 0 radical (unpaired) electrons. The van der Waals surface area contributed by atoms with E-state index in [0.717, 1.165) is 34.2 Å². The van der Waals surface area contributed by atoms with Gasteiger partial charge in [0.25, 0.3) is 0 Å². The average Bonchev–Trinajstić information content (AvgIpc) is 2.59. The topological polar surface area (TPSA) is 73.1 Å². The largest absolute Gasteiger partial charge is 0.492 e. The molecular weight excluding hydrogens is 300 g/mol. The quantitative estimate of drug-likeness (QED) is 0.682. The molecule has 1 heterocycles. The number of fused-ring (bicyclic) bond motifs is 1. The van der Waals surface area contributed by atoms with Gasteiger partial charge in [0.05, 0.1) is 0 Å². The van der Waals surface area contributed by atoms with Crippen molar-refractivity contribution in [2.24, 2.45) is 0 Å². The fraction of sp³-hybridized carbons (Fsp3) is 0.263. The fourth-order valence-corrected chi connectivity index (χ4v) is 2.50. The SMILES string of the molecule is CC(C)NCCOc1ccc2cc(-c3cnc(N)nc3)ccc2c1. The number of hydrogen-bond acceptors (Lipinski definition) is 5. The first kappa shape index (κ1) is 16.2. The second kappa shape index (κ2) is 7.27. The highest BCUT2D eigenvalue weighted by Gasteiger charge is 2.03. The molecule has 2 aromatic carbocycles. The summed E-state index contributed by atoms with van der Waals surface area (Å²) in [4.78, 5) is 8.09. The van der Waals surface area contributed by atoms with Gasteiger partial charge in [-0.05, 0) is 34.5 Å². The number of ether oxygens (including phenoxy) is 1. The molecule has 5 nitrogen and oxygen atoms in total. The Bertz CT molecular complexity index is 815. The molecule has 0 fully saturated rings. The number of nitrogens with zero attached hydrogens (tertiary/aromatic N) is 2. The van der Waals surface area contributed by atoms with Crippen molar-refractivity contribution in [3.8, 4) is 16.9 Å². The van der Waals surface area contributed by atoms with Crippen LogP contribution in [0.2, 0.25) is 0 Å². The third kappa shape index (κ3) is 4.00. The van der Waals surface area contributed by atoms with E-state index in [1.54, 1.807) is 12.4 Å². The van der Waals surface area contributed by atoms with Gasteiger partial charge in [0.2, 0.25) is 5.95 Å². The first-order valence-corrected chi connectivity index (χ1v) is 8.10. The molecule has 1 aromatic heterocycles. The molecule has 0 unspecified atom stereocenters. The van der Waals surface area contributed by atoms with E-state index in [1.165, 1.54) is 0 Å². The fourth-order valence-electron chi connectivity index (χ4n) is 2.50. The Morgan fingerprint density at radius 2 is 1.71 bits per heavy atom. The van der Waals surface area contributed by atoms with Crippen LogP contribution < -0.4 is 15.8 Å². The second-order valence-corrected chi connectivity index (χ2v) is 6.01. The highest BCUT2D eigenvalue weighted by atomic mass is 16.5. The Hall–Kier alpha value is -2.66. The number of nitrogens with one attached hydrogen (secondary N) is 1. The summed E-state index contributed by atoms with van der Waals surface area (Å²) >= 11 is 0. The lowest BCUT2D eigenvalue weighted by atomic mass is 10.0. The molecule has 0 spiro atoms. The number of anilines is 1. The number of rotatable bonds is 6. The van der Waals surface area contributed by atoms with E-state index in [1.807, 2.05) is 6.07 Å². The van der Waals surface area contributed by atoms with E-state index in [9.17, 15) is 0 Å². The average molecular weight is 322 g/mol. The van der Waals surface area contributed by atoms with Gasteiger partial charge < -0.3 is 15.8 Å². The van der Waals surface area contributed by atoms with Crippen molar-refractivity contribution in [1.82, 2.24) is 15.3 Å². The van der Waals surface area contributed by atoms with Gasteiger partial charge in [-0.25, -0.2) is 9.97 Å². The Labute approximate surface area is 141 Å². The van der Waals surface area contributed by atoms with Crippen LogP contribution in [0.4, 0.5) is 5.95 Å². The van der Waals surface area contributed by atoms with Gasteiger partial charge in [0.1, 0.15) is 12.4 Å².